The SMILES string of the molecule is CCOC(=O)C1=C(c2ccccc2)N=c2s/c(=C/c3ccc(-c4ccc(C(=O)O)cc4)o3)c(=O)n2C1c1ccc2c(c1)OCO2. The summed E-state index contributed by atoms with van der Waals surface area (Å²) in [5.74, 6) is 0.419. The number of aromatic nitrogens is 1. The number of carboxylic acids is 1. The highest BCUT2D eigenvalue weighted by atomic mass is 32.1. The number of carboxylic acid groups (broad SMARTS) is 1. The van der Waals surface area contributed by atoms with Gasteiger partial charge in [0, 0.05) is 17.2 Å². The number of nitrogens with zero attached hydrogens (tertiary/aromatic N) is 2. The number of fused-ring (bicyclic) bond motifs is 2. The zero-order chi connectivity index (χ0) is 31.1. The summed E-state index contributed by atoms with van der Waals surface area (Å²) < 4.78 is 24.5. The molecule has 1 N–H and O–H groups in total. The fraction of sp³-hybridized carbons (Fsp3) is 0.118. The summed E-state index contributed by atoms with van der Waals surface area (Å²) in [5, 5.41) is 9.19. The van der Waals surface area contributed by atoms with E-state index in [2.05, 4.69) is 0 Å². The fourth-order valence-corrected chi connectivity index (χ4v) is 6.31. The van der Waals surface area contributed by atoms with E-state index in [1.807, 2.05) is 30.3 Å². The second-order valence-corrected chi connectivity index (χ2v) is 11.1. The topological polar surface area (TPSA) is 130 Å². The number of furan rings is 1. The third-order valence-corrected chi connectivity index (χ3v) is 8.39. The summed E-state index contributed by atoms with van der Waals surface area (Å²) in [6.07, 6.45) is 1.63. The maximum Gasteiger partial charge on any atom is 0.338 e. The summed E-state index contributed by atoms with van der Waals surface area (Å²) in [6, 6.07) is 23.6. The molecule has 45 heavy (non-hydrogen) atoms. The smallest absolute Gasteiger partial charge is 0.338 e. The van der Waals surface area contributed by atoms with Gasteiger partial charge in [-0.05, 0) is 48.9 Å². The van der Waals surface area contributed by atoms with Crippen molar-refractivity contribution in [2.45, 2.75) is 13.0 Å². The van der Waals surface area contributed by atoms with Gasteiger partial charge in [0.1, 0.15) is 11.5 Å². The third-order valence-electron chi connectivity index (χ3n) is 7.40. The van der Waals surface area contributed by atoms with Crippen molar-refractivity contribution in [1.82, 2.24) is 4.57 Å². The minimum atomic E-state index is -1.02. The van der Waals surface area contributed by atoms with Crippen molar-refractivity contribution in [2.24, 2.45) is 4.99 Å². The number of hydrogen-bond donors (Lipinski definition) is 1. The second kappa shape index (κ2) is 11.4. The summed E-state index contributed by atoms with van der Waals surface area (Å²) in [6.45, 7) is 1.94. The first kappa shape index (κ1) is 28.1. The number of esters is 1. The van der Waals surface area contributed by atoms with Crippen LogP contribution in [-0.2, 0) is 9.53 Å². The monoisotopic (exact) mass is 620 g/mol. The van der Waals surface area contributed by atoms with Gasteiger partial charge >= 0.3 is 11.9 Å². The van der Waals surface area contributed by atoms with Crippen molar-refractivity contribution in [3.05, 3.63) is 133 Å². The first-order valence-corrected chi connectivity index (χ1v) is 14.8. The maximum absolute atomic E-state index is 14.1. The van der Waals surface area contributed by atoms with Gasteiger partial charge in [-0.25, -0.2) is 14.6 Å². The summed E-state index contributed by atoms with van der Waals surface area (Å²) in [5.41, 5.74) is 2.47. The minimum Gasteiger partial charge on any atom is -0.478 e. The van der Waals surface area contributed by atoms with Gasteiger partial charge in [-0.15, -0.1) is 0 Å². The first-order chi connectivity index (χ1) is 21.9. The van der Waals surface area contributed by atoms with Gasteiger partial charge in [-0.1, -0.05) is 59.9 Å². The molecule has 2 aliphatic rings. The lowest BCUT2D eigenvalue weighted by molar-refractivity contribution is -0.138. The molecule has 0 amide bonds. The van der Waals surface area contributed by atoms with Crippen LogP contribution in [0.25, 0.3) is 23.1 Å². The Morgan fingerprint density at radius 3 is 2.53 bits per heavy atom. The first-order valence-electron chi connectivity index (χ1n) is 14.0. The van der Waals surface area contributed by atoms with Crippen LogP contribution in [0.3, 0.4) is 0 Å². The molecule has 1 unspecified atom stereocenters. The van der Waals surface area contributed by atoms with Crippen LogP contribution in [0.2, 0.25) is 0 Å². The van der Waals surface area contributed by atoms with Crippen molar-refractivity contribution >= 4 is 35.0 Å². The van der Waals surface area contributed by atoms with Crippen molar-refractivity contribution in [2.75, 3.05) is 13.4 Å². The lowest BCUT2D eigenvalue weighted by atomic mass is 9.93. The largest absolute Gasteiger partial charge is 0.478 e. The molecule has 0 saturated heterocycles. The number of aromatic carboxylic acids is 1. The second-order valence-electron chi connectivity index (χ2n) is 10.1. The Labute approximate surface area is 259 Å². The van der Waals surface area contributed by atoms with E-state index in [4.69, 9.17) is 23.6 Å². The molecule has 0 aliphatic carbocycles. The van der Waals surface area contributed by atoms with Crippen LogP contribution < -0.4 is 24.4 Å². The molecule has 0 radical (unpaired) electrons. The van der Waals surface area contributed by atoms with Gasteiger partial charge in [0.15, 0.2) is 16.3 Å². The Balaban J connectivity index is 1.40. The minimum absolute atomic E-state index is 0.0756. The molecule has 0 saturated carbocycles. The molecule has 0 fully saturated rings. The van der Waals surface area contributed by atoms with E-state index in [0.29, 0.717) is 54.7 Å². The van der Waals surface area contributed by atoms with E-state index in [-0.39, 0.29) is 30.1 Å². The molecule has 10 nitrogen and oxygen atoms in total. The lowest BCUT2D eigenvalue weighted by Gasteiger charge is -2.26. The zero-order valence-electron chi connectivity index (χ0n) is 23.8. The van der Waals surface area contributed by atoms with Gasteiger partial charge < -0.3 is 23.7 Å². The molecule has 1 atom stereocenters. The van der Waals surface area contributed by atoms with E-state index in [9.17, 15) is 19.5 Å². The van der Waals surface area contributed by atoms with Crippen LogP contribution >= 0.6 is 11.3 Å². The Morgan fingerprint density at radius 2 is 1.78 bits per heavy atom. The highest BCUT2D eigenvalue weighted by Crippen LogP contribution is 2.40. The van der Waals surface area contributed by atoms with Crippen LogP contribution in [0.15, 0.2) is 105 Å². The van der Waals surface area contributed by atoms with Crippen LogP contribution in [0.5, 0.6) is 11.5 Å². The molecule has 224 valence electrons. The van der Waals surface area contributed by atoms with Crippen LogP contribution in [0, 0.1) is 0 Å². The standard InChI is InChI=1S/C34H24N2O8S/c1-2-41-33(40)28-29(20-6-4-3-5-7-20)35-34-36(30(28)22-12-14-25-26(16-22)43-18-42-25)31(37)27(45-34)17-23-13-15-24(44-23)19-8-10-21(11-9-19)32(38)39/h3-17,30H,2,18H2,1H3,(H,38,39)/b27-17+. The van der Waals surface area contributed by atoms with Crippen LogP contribution in [0.4, 0.5) is 0 Å². The van der Waals surface area contributed by atoms with Gasteiger partial charge in [0.25, 0.3) is 5.56 Å². The van der Waals surface area contributed by atoms with E-state index < -0.39 is 18.0 Å². The lowest BCUT2D eigenvalue weighted by Crippen LogP contribution is -2.40. The van der Waals surface area contributed by atoms with Crippen LogP contribution in [0.1, 0.15) is 40.2 Å². The molecule has 0 spiro atoms. The third kappa shape index (κ3) is 5.12. The van der Waals surface area contributed by atoms with E-state index in [0.717, 1.165) is 0 Å². The number of benzene rings is 3. The van der Waals surface area contributed by atoms with E-state index in [1.165, 1.54) is 28.0 Å². The van der Waals surface area contributed by atoms with Gasteiger partial charge in [0.2, 0.25) is 6.79 Å². The Morgan fingerprint density at radius 1 is 1.00 bits per heavy atom. The number of thiazole rings is 1. The van der Waals surface area contributed by atoms with Crippen molar-refractivity contribution < 1.29 is 33.3 Å². The number of carbonyl (C=O) groups excluding carboxylic acids is 1. The van der Waals surface area contributed by atoms with Gasteiger partial charge in [-0.2, -0.15) is 0 Å². The number of rotatable bonds is 7. The quantitative estimate of drug-likeness (QED) is 0.261. The molecule has 3 aromatic carbocycles. The average molecular weight is 621 g/mol. The Hall–Kier alpha value is -5.68. The molecule has 5 aromatic rings. The average Bonchev–Trinajstić information content (AvgIpc) is 3.80. The summed E-state index contributed by atoms with van der Waals surface area (Å²) in [7, 11) is 0. The molecule has 7 rings (SSSR count). The maximum atomic E-state index is 14.1. The predicted octanol–water partition coefficient (Wildman–Crippen LogP) is 4.62. The van der Waals surface area contributed by atoms with E-state index >= 15 is 0 Å². The fourth-order valence-electron chi connectivity index (χ4n) is 5.33. The molecule has 0 bridgehead atoms. The Bertz CT molecular complexity index is 2180. The number of hydrogen-bond acceptors (Lipinski definition) is 9. The van der Waals surface area contributed by atoms with E-state index in [1.54, 1.807) is 55.5 Å². The highest BCUT2D eigenvalue weighted by Gasteiger charge is 2.36. The van der Waals surface area contributed by atoms with Crippen molar-refractivity contribution in [1.29, 1.82) is 0 Å². The molecule has 11 heteroatoms. The van der Waals surface area contributed by atoms with Crippen molar-refractivity contribution in [3.8, 4) is 22.8 Å². The summed E-state index contributed by atoms with van der Waals surface area (Å²) >= 11 is 1.18. The normalized spacial score (nSPS) is 15.5. The molecular weight excluding hydrogens is 596 g/mol. The predicted molar refractivity (Wildman–Crippen MR) is 165 cm³/mol. The van der Waals surface area contributed by atoms with Crippen LogP contribution in [-0.4, -0.2) is 35.0 Å². The molecule has 2 aromatic heterocycles. The summed E-state index contributed by atoms with van der Waals surface area (Å²) in [4.78, 5) is 44.3. The molecule has 4 heterocycles. The van der Waals surface area contributed by atoms with Gasteiger partial charge in [-0.3, -0.25) is 9.36 Å². The highest BCUT2D eigenvalue weighted by molar-refractivity contribution is 7.07. The number of carbonyl (C=O) groups is 2. The molecular formula is C34H24N2O8S. The Kier molecular flexibility index (Phi) is 7.14. The zero-order valence-corrected chi connectivity index (χ0v) is 24.6. The number of ether oxygens (including phenoxy) is 3. The molecule has 2 aliphatic heterocycles. The van der Waals surface area contributed by atoms with Crippen molar-refractivity contribution in [3.63, 3.8) is 0 Å². The van der Waals surface area contributed by atoms with Gasteiger partial charge in [0.05, 0.1) is 34.0 Å².